The fraction of sp³-hybridized carbons (Fsp3) is 0.143. The summed E-state index contributed by atoms with van der Waals surface area (Å²) >= 11 is 10.7. The first kappa shape index (κ1) is 36.9. The molecule has 0 heterocycles. The molecule has 0 saturated heterocycles. The standard InChI is InChI=1S/C14H14PS2.3BrH.3Mg/c1-9-3-5-13(16)11(7-9)15-12-8-10(2)4-6-14(12)17;;;;;;/h3-8,16-17H,1-2H3;3*1H;;;/q-1;;;;3*+2/p-5. The van der Waals surface area contributed by atoms with Crippen LogP contribution in [0.25, 0.3) is 0 Å². The molecule has 0 aliphatic rings. The molecular weight excluding hydrogens is 576 g/mol. The summed E-state index contributed by atoms with van der Waals surface area (Å²) in [7, 11) is 1.11. The Morgan fingerprint density at radius 1 is 0.652 bits per heavy atom. The van der Waals surface area contributed by atoms with E-state index in [1.807, 2.05) is 24.3 Å². The zero-order valence-electron chi connectivity index (χ0n) is 13.0. The smallest absolute Gasteiger partial charge is 1.00 e. The zero-order valence-corrected chi connectivity index (χ0v) is 24.5. The molecule has 2 aromatic rings. The Kier molecular flexibility index (Phi) is 29.5. The summed E-state index contributed by atoms with van der Waals surface area (Å²) in [4.78, 5) is 1.82. The zero-order chi connectivity index (χ0) is 12.4. The van der Waals surface area contributed by atoms with E-state index in [2.05, 4.69) is 26.0 Å². The van der Waals surface area contributed by atoms with E-state index in [9.17, 15) is 0 Å². The van der Waals surface area contributed by atoms with Crippen molar-refractivity contribution in [3.63, 3.8) is 0 Å². The van der Waals surface area contributed by atoms with Crippen LogP contribution in [0.2, 0.25) is 0 Å². The summed E-state index contributed by atoms with van der Waals surface area (Å²) in [6.45, 7) is 4.16. The third kappa shape index (κ3) is 12.2. The van der Waals surface area contributed by atoms with Gasteiger partial charge in [-0.05, 0) is 13.8 Å². The van der Waals surface area contributed by atoms with Gasteiger partial charge in [0, 0.05) is 0 Å². The maximum atomic E-state index is 5.35. The molecule has 0 nitrogen and oxygen atoms in total. The first-order chi connectivity index (χ1) is 8.06. The van der Waals surface area contributed by atoms with Gasteiger partial charge in [0.05, 0.1) is 0 Å². The third-order valence-electron chi connectivity index (χ3n) is 2.47. The Bertz CT molecular complexity index is 525. The molecule has 0 saturated carbocycles. The summed E-state index contributed by atoms with van der Waals surface area (Å²) in [6, 6.07) is 12.4. The minimum Gasteiger partial charge on any atom is -1.00 e. The molecule has 0 amide bonds. The van der Waals surface area contributed by atoms with Crippen molar-refractivity contribution in [3.8, 4) is 0 Å². The molecule has 23 heavy (non-hydrogen) atoms. The van der Waals surface area contributed by atoms with Crippen LogP contribution >= 0.6 is 8.58 Å². The molecule has 2 aromatic carbocycles. The molecule has 0 aliphatic heterocycles. The van der Waals surface area contributed by atoms with Crippen molar-refractivity contribution in [2.75, 3.05) is 0 Å². The minimum atomic E-state index is 0. The fourth-order valence-corrected chi connectivity index (χ4v) is 3.25. The van der Waals surface area contributed by atoms with E-state index < -0.39 is 0 Å². The molecular formula is C14H12Br3Mg3PS2. The molecule has 0 aliphatic carbocycles. The van der Waals surface area contributed by atoms with Crippen molar-refractivity contribution in [1.82, 2.24) is 0 Å². The number of benzene rings is 2. The van der Waals surface area contributed by atoms with Crippen LogP contribution in [0.1, 0.15) is 11.1 Å². The number of hydrogen-bond acceptors (Lipinski definition) is 2. The van der Waals surface area contributed by atoms with Gasteiger partial charge in [0.2, 0.25) is 0 Å². The third-order valence-corrected chi connectivity index (χ3v) is 4.71. The number of halogens is 3. The molecule has 0 bridgehead atoms. The van der Waals surface area contributed by atoms with E-state index in [-0.39, 0.29) is 120 Å². The molecule has 0 aromatic heterocycles. The second-order valence-electron chi connectivity index (χ2n) is 4.05. The van der Waals surface area contributed by atoms with Crippen LogP contribution in [0.5, 0.6) is 0 Å². The van der Waals surface area contributed by atoms with Crippen molar-refractivity contribution in [2.24, 2.45) is 0 Å². The van der Waals surface area contributed by atoms with Gasteiger partial charge in [-0.25, -0.2) is 20.4 Å². The average molecular weight is 588 g/mol. The average Bonchev–Trinajstić information content (AvgIpc) is 2.28. The predicted octanol–water partition coefficient (Wildman–Crippen LogP) is -7.12. The van der Waals surface area contributed by atoms with E-state index in [0.29, 0.717) is 0 Å². The summed E-state index contributed by atoms with van der Waals surface area (Å²) in [5.41, 5.74) is 2.47. The summed E-state index contributed by atoms with van der Waals surface area (Å²) in [6.07, 6.45) is 0. The molecule has 0 N–H and O–H groups in total. The van der Waals surface area contributed by atoms with Crippen LogP contribution < -0.4 is 61.6 Å². The topological polar surface area (TPSA) is 0 Å². The fourth-order valence-electron chi connectivity index (χ4n) is 1.56. The minimum absolute atomic E-state index is 0. The molecule has 0 fully saturated rings. The van der Waals surface area contributed by atoms with Crippen LogP contribution in [-0.2, 0) is 25.3 Å². The Hall–Kier alpha value is 3.05. The SMILES string of the molecule is Cc1ccc([S-])c([P-]c2cc(C)ccc2[S-])c1.[Br-].[Br-].[Br-].[Mg+2].[Mg+2].[Mg+2]. The van der Waals surface area contributed by atoms with E-state index in [0.717, 1.165) is 29.0 Å². The van der Waals surface area contributed by atoms with Crippen molar-refractivity contribution in [2.45, 2.75) is 23.6 Å². The van der Waals surface area contributed by atoms with Crippen LogP contribution in [0, 0.1) is 13.8 Å². The van der Waals surface area contributed by atoms with Gasteiger partial charge in [-0.1, -0.05) is 47.5 Å². The van der Waals surface area contributed by atoms with Gasteiger partial charge in [0.25, 0.3) is 0 Å². The Morgan fingerprint density at radius 2 is 0.957 bits per heavy atom. The largest absolute Gasteiger partial charge is 2.00 e. The Balaban J connectivity index is -0.000000180. The maximum Gasteiger partial charge on any atom is 2.00 e. The van der Waals surface area contributed by atoms with Gasteiger partial charge < -0.3 is 84.8 Å². The van der Waals surface area contributed by atoms with Gasteiger partial charge >= 0.3 is 69.2 Å². The van der Waals surface area contributed by atoms with E-state index in [1.54, 1.807) is 0 Å². The molecule has 112 valence electrons. The molecule has 2 rings (SSSR count). The van der Waals surface area contributed by atoms with Gasteiger partial charge in [0.15, 0.2) is 0 Å². The summed E-state index contributed by atoms with van der Waals surface area (Å²) < 4.78 is 0. The molecule has 9 heteroatoms. The van der Waals surface area contributed by atoms with Crippen molar-refractivity contribution in [1.29, 1.82) is 0 Å². The number of aryl methyl sites for hydroxylation is 2. The van der Waals surface area contributed by atoms with E-state index in [4.69, 9.17) is 25.3 Å². The summed E-state index contributed by atoms with van der Waals surface area (Å²) in [5.74, 6) is 0. The van der Waals surface area contributed by atoms with Crippen molar-refractivity contribution in [3.05, 3.63) is 47.5 Å². The predicted molar refractivity (Wildman–Crippen MR) is 97.1 cm³/mol. The summed E-state index contributed by atoms with van der Waals surface area (Å²) in [5, 5.41) is 2.33. The van der Waals surface area contributed by atoms with E-state index in [1.165, 1.54) is 11.1 Å². The normalized spacial score (nSPS) is 7.74. The quantitative estimate of drug-likeness (QED) is 0.195. The second kappa shape index (κ2) is 18.4. The number of rotatable bonds is 2. The van der Waals surface area contributed by atoms with Gasteiger partial charge in [-0.15, -0.1) is 0 Å². The Morgan fingerprint density at radius 3 is 1.26 bits per heavy atom. The van der Waals surface area contributed by atoms with Crippen LogP contribution in [-0.4, -0.2) is 69.2 Å². The van der Waals surface area contributed by atoms with Crippen molar-refractivity contribution >= 4 is 114 Å². The Labute approximate surface area is 232 Å². The van der Waals surface area contributed by atoms with Gasteiger partial charge in [-0.2, -0.15) is 0 Å². The number of hydrogen-bond donors (Lipinski definition) is 0. The molecule has 0 atom stereocenters. The maximum absolute atomic E-state index is 5.35. The van der Waals surface area contributed by atoms with Gasteiger partial charge in [0.1, 0.15) is 0 Å². The second-order valence-corrected chi connectivity index (χ2v) is 6.12. The monoisotopic (exact) mass is 584 g/mol. The van der Waals surface area contributed by atoms with Crippen LogP contribution in [0.3, 0.4) is 0 Å². The van der Waals surface area contributed by atoms with Crippen LogP contribution in [0.4, 0.5) is 0 Å². The van der Waals surface area contributed by atoms with Crippen LogP contribution in [0.15, 0.2) is 46.2 Å². The van der Waals surface area contributed by atoms with E-state index >= 15 is 0 Å². The molecule has 0 spiro atoms. The van der Waals surface area contributed by atoms with Gasteiger partial charge in [-0.3, -0.25) is 0 Å². The van der Waals surface area contributed by atoms with Crippen molar-refractivity contribution < 1.29 is 50.9 Å². The first-order valence-electron chi connectivity index (χ1n) is 5.33. The molecule has 0 unspecified atom stereocenters. The molecule has 0 radical (unpaired) electrons. The first-order valence-corrected chi connectivity index (χ1v) is 7.04.